The number of aromatic amines is 1. The first-order chi connectivity index (χ1) is 20.2. The fraction of sp³-hybridized carbons (Fsp3) is 0.406. The molecule has 0 fully saturated rings. The number of fused-ring (bicyclic) bond motifs is 1. The van der Waals surface area contributed by atoms with E-state index in [1.165, 1.54) is 0 Å². The number of benzene rings is 2. The minimum atomic E-state index is -0.562. The van der Waals surface area contributed by atoms with Crippen LogP contribution in [0.4, 0.5) is 11.4 Å². The lowest BCUT2D eigenvalue weighted by atomic mass is 9.73. The molecule has 3 N–H and O–H groups in total. The summed E-state index contributed by atoms with van der Waals surface area (Å²) in [6.45, 7) is 6.82. The second-order valence-corrected chi connectivity index (χ2v) is 12.6. The normalized spacial score (nSPS) is 17.6. The van der Waals surface area contributed by atoms with Gasteiger partial charge in [-0.05, 0) is 49.1 Å². The molecule has 222 valence electrons. The van der Waals surface area contributed by atoms with Crippen molar-refractivity contribution in [2.24, 2.45) is 5.41 Å². The lowest BCUT2D eigenvalue weighted by Crippen LogP contribution is -2.42. The van der Waals surface area contributed by atoms with Crippen LogP contribution in [0.2, 0.25) is 0 Å². The van der Waals surface area contributed by atoms with Crippen molar-refractivity contribution in [3.63, 3.8) is 0 Å². The summed E-state index contributed by atoms with van der Waals surface area (Å²) in [4.78, 5) is 37.0. The molecule has 5 rings (SSSR count). The Morgan fingerprint density at radius 1 is 1.17 bits per heavy atom. The molecule has 2 heterocycles. The largest absolute Gasteiger partial charge is 0.497 e. The molecule has 9 nitrogen and oxygen atoms in total. The molecule has 0 saturated carbocycles. The number of carbonyl (C=O) groups is 2. The van der Waals surface area contributed by atoms with Crippen LogP contribution in [0, 0.1) is 12.3 Å². The van der Waals surface area contributed by atoms with Crippen molar-refractivity contribution in [1.29, 1.82) is 0 Å². The maximum atomic E-state index is 14.0. The summed E-state index contributed by atoms with van der Waals surface area (Å²) in [7, 11) is 3.24. The molecule has 1 aliphatic heterocycles. The number of nitrogens with zero attached hydrogens (tertiary/aromatic N) is 2. The van der Waals surface area contributed by atoms with E-state index in [2.05, 4.69) is 34.4 Å². The van der Waals surface area contributed by atoms with Gasteiger partial charge in [0.25, 0.3) is 0 Å². The topological polar surface area (TPSA) is 109 Å². The van der Waals surface area contributed by atoms with Gasteiger partial charge in [-0.3, -0.25) is 9.59 Å². The van der Waals surface area contributed by atoms with Gasteiger partial charge in [-0.1, -0.05) is 26.0 Å². The van der Waals surface area contributed by atoms with E-state index in [1.54, 1.807) is 32.3 Å². The first-order valence-electron chi connectivity index (χ1n) is 14.1. The summed E-state index contributed by atoms with van der Waals surface area (Å²) in [5.41, 5.74) is 5.91. The Hall–Kier alpha value is -3.92. The van der Waals surface area contributed by atoms with Gasteiger partial charge in [0.1, 0.15) is 11.5 Å². The lowest BCUT2D eigenvalue weighted by molar-refractivity contribution is -0.120. The quantitative estimate of drug-likeness (QED) is 0.270. The Balaban J connectivity index is 1.49. The molecule has 0 spiro atoms. The monoisotopic (exact) mass is 589 g/mol. The maximum Gasteiger partial charge on any atom is 0.239 e. The fourth-order valence-electron chi connectivity index (χ4n) is 5.78. The Labute approximate surface area is 251 Å². The van der Waals surface area contributed by atoms with Crippen LogP contribution in [0.1, 0.15) is 49.7 Å². The summed E-state index contributed by atoms with van der Waals surface area (Å²) in [6, 6.07) is 12.9. The highest BCUT2D eigenvalue weighted by Gasteiger charge is 2.43. The average molecular weight is 590 g/mol. The SMILES string of the molecule is COc1ccc(OC)c(C2C3=C(CC(C)(C)CC3=O)Nc3ccccc3N2CC(=O)NCCSCc2nc[nH]c2C)c1. The molecule has 1 atom stereocenters. The molecule has 2 aliphatic rings. The number of thioether (sulfide) groups is 1. The lowest BCUT2D eigenvalue weighted by Gasteiger charge is -2.38. The van der Waals surface area contributed by atoms with Crippen LogP contribution in [0.25, 0.3) is 0 Å². The number of H-pyrrole nitrogens is 1. The number of nitrogens with one attached hydrogen (secondary N) is 3. The summed E-state index contributed by atoms with van der Waals surface area (Å²) in [5, 5.41) is 6.68. The zero-order valence-corrected chi connectivity index (χ0v) is 25.7. The Kier molecular flexibility index (Phi) is 8.82. The number of hydrogen-bond acceptors (Lipinski definition) is 8. The third-order valence-electron chi connectivity index (χ3n) is 7.79. The number of para-hydroxylation sites is 2. The van der Waals surface area contributed by atoms with Crippen LogP contribution in [-0.4, -0.2) is 54.7 Å². The molecule has 0 radical (unpaired) electrons. The standard InChI is InChI=1S/C32H39N5O4S/c1-20-25(35-19-34-20)18-42-13-12-33-29(39)17-37-26-9-7-6-8-23(26)36-24-15-32(2,3)16-27(38)30(24)31(37)22-14-21(40-4)10-11-28(22)41-5/h6-11,14,19,31,36H,12-13,15-18H2,1-5H3,(H,33,39)(H,34,35). The van der Waals surface area contributed by atoms with Crippen LogP contribution in [0.5, 0.6) is 11.5 Å². The Bertz CT molecular complexity index is 1500. The molecule has 3 aromatic rings. The smallest absolute Gasteiger partial charge is 0.239 e. The Morgan fingerprint density at radius 2 is 1.98 bits per heavy atom. The van der Waals surface area contributed by atoms with Gasteiger partial charge in [0, 0.05) is 47.0 Å². The molecule has 1 aliphatic carbocycles. The van der Waals surface area contributed by atoms with Crippen LogP contribution >= 0.6 is 11.8 Å². The molecule has 2 aromatic carbocycles. The van der Waals surface area contributed by atoms with E-state index in [0.29, 0.717) is 36.5 Å². The number of carbonyl (C=O) groups excluding carboxylic acids is 2. The van der Waals surface area contributed by atoms with Crippen molar-refractivity contribution in [1.82, 2.24) is 15.3 Å². The molecule has 0 bridgehead atoms. The number of anilines is 2. The Morgan fingerprint density at radius 3 is 2.71 bits per heavy atom. The highest BCUT2D eigenvalue weighted by Crippen LogP contribution is 2.50. The van der Waals surface area contributed by atoms with Crippen molar-refractivity contribution in [3.05, 3.63) is 77.0 Å². The maximum absolute atomic E-state index is 14.0. The van der Waals surface area contributed by atoms with Crippen LogP contribution in [0.3, 0.4) is 0 Å². The summed E-state index contributed by atoms with van der Waals surface area (Å²) >= 11 is 1.72. The van der Waals surface area contributed by atoms with Crippen LogP contribution < -0.4 is 25.0 Å². The number of hydrogen-bond donors (Lipinski definition) is 3. The van der Waals surface area contributed by atoms with Gasteiger partial charge >= 0.3 is 0 Å². The number of ketones is 1. The van der Waals surface area contributed by atoms with Crippen LogP contribution in [0.15, 0.2) is 60.1 Å². The highest BCUT2D eigenvalue weighted by atomic mass is 32.2. The number of rotatable bonds is 10. The number of methoxy groups -OCH3 is 2. The third kappa shape index (κ3) is 6.28. The van der Waals surface area contributed by atoms with Gasteiger partial charge in [-0.15, -0.1) is 0 Å². The van der Waals surface area contributed by atoms with Gasteiger partial charge in [0.2, 0.25) is 5.91 Å². The van der Waals surface area contributed by atoms with Crippen molar-refractivity contribution in [2.75, 3.05) is 43.3 Å². The molecule has 1 unspecified atom stereocenters. The molecule has 1 amide bonds. The fourth-order valence-corrected chi connectivity index (χ4v) is 6.65. The van der Waals surface area contributed by atoms with E-state index >= 15 is 0 Å². The molecule has 10 heteroatoms. The number of ether oxygens (including phenoxy) is 2. The van der Waals surface area contributed by atoms with Crippen molar-refractivity contribution >= 4 is 34.8 Å². The first kappa shape index (κ1) is 29.6. The molecule has 0 saturated heterocycles. The number of aryl methyl sites for hydroxylation is 1. The third-order valence-corrected chi connectivity index (χ3v) is 8.76. The van der Waals surface area contributed by atoms with Gasteiger partial charge in [-0.2, -0.15) is 11.8 Å². The summed E-state index contributed by atoms with van der Waals surface area (Å²) < 4.78 is 11.4. The number of allylic oxidation sites excluding steroid dienone is 1. The second-order valence-electron chi connectivity index (χ2n) is 11.5. The van der Waals surface area contributed by atoms with Gasteiger partial charge in [-0.25, -0.2) is 4.98 Å². The van der Waals surface area contributed by atoms with E-state index < -0.39 is 6.04 Å². The molecular weight excluding hydrogens is 550 g/mol. The van der Waals surface area contributed by atoms with E-state index in [-0.39, 0.29) is 23.7 Å². The van der Waals surface area contributed by atoms with E-state index in [1.807, 2.05) is 54.3 Å². The highest BCUT2D eigenvalue weighted by molar-refractivity contribution is 7.98. The zero-order valence-electron chi connectivity index (χ0n) is 24.9. The average Bonchev–Trinajstić information content (AvgIpc) is 3.31. The minimum absolute atomic E-state index is 0.0559. The van der Waals surface area contributed by atoms with Crippen molar-refractivity contribution in [2.45, 2.75) is 45.4 Å². The van der Waals surface area contributed by atoms with Gasteiger partial charge in [0.15, 0.2) is 5.78 Å². The van der Waals surface area contributed by atoms with Crippen molar-refractivity contribution in [3.8, 4) is 11.5 Å². The van der Waals surface area contributed by atoms with Gasteiger partial charge < -0.3 is 30.0 Å². The number of aromatic nitrogens is 2. The van der Waals surface area contributed by atoms with E-state index in [4.69, 9.17) is 9.47 Å². The molecule has 1 aromatic heterocycles. The summed E-state index contributed by atoms with van der Waals surface area (Å²) in [5.74, 6) is 2.75. The molecular formula is C32H39N5O4S. The predicted molar refractivity (Wildman–Crippen MR) is 167 cm³/mol. The number of Topliss-reactive ketones (excluding diaryl/α,β-unsaturated/α-hetero) is 1. The van der Waals surface area contributed by atoms with Crippen molar-refractivity contribution < 1.29 is 19.1 Å². The van der Waals surface area contributed by atoms with E-state index in [9.17, 15) is 9.59 Å². The number of imidazole rings is 1. The number of amides is 1. The van der Waals surface area contributed by atoms with E-state index in [0.717, 1.165) is 45.5 Å². The minimum Gasteiger partial charge on any atom is -0.497 e. The predicted octanol–water partition coefficient (Wildman–Crippen LogP) is 5.40. The molecule has 42 heavy (non-hydrogen) atoms. The van der Waals surface area contributed by atoms with Crippen LogP contribution in [-0.2, 0) is 15.3 Å². The second kappa shape index (κ2) is 12.5. The summed E-state index contributed by atoms with van der Waals surface area (Å²) in [6.07, 6.45) is 2.82. The first-order valence-corrected chi connectivity index (χ1v) is 15.3. The van der Waals surface area contributed by atoms with Gasteiger partial charge in [0.05, 0.1) is 50.2 Å². The zero-order chi connectivity index (χ0) is 29.9.